The van der Waals surface area contributed by atoms with Gasteiger partial charge in [0.25, 0.3) is 0 Å². The average Bonchev–Trinajstić information content (AvgIpc) is 2.05. The van der Waals surface area contributed by atoms with Crippen molar-refractivity contribution in [2.45, 2.75) is 20.3 Å². The van der Waals surface area contributed by atoms with Crippen molar-refractivity contribution < 1.29 is 0 Å². The van der Waals surface area contributed by atoms with Crippen LogP contribution in [0, 0.1) is 0 Å². The lowest BCUT2D eigenvalue weighted by Crippen LogP contribution is -2.16. The summed E-state index contributed by atoms with van der Waals surface area (Å²) >= 11 is 0. The molecule has 0 aliphatic heterocycles. The largest absolute Gasteiger partial charge is 0.310 e. The maximum Gasteiger partial charge on any atom is 0.0168 e. The zero-order chi connectivity index (χ0) is 9.40. The van der Waals surface area contributed by atoms with Crippen LogP contribution in [-0.4, -0.2) is 13.1 Å². The first-order chi connectivity index (χ1) is 5.70. The third-order valence-corrected chi connectivity index (χ3v) is 1.69. The molecule has 0 aromatic heterocycles. The molecule has 0 saturated carbocycles. The molecular formula is C11H19N. The van der Waals surface area contributed by atoms with E-state index >= 15 is 0 Å². The lowest BCUT2D eigenvalue weighted by atomic mass is 10.1. The van der Waals surface area contributed by atoms with Crippen LogP contribution in [0.3, 0.4) is 0 Å². The predicted octanol–water partition coefficient (Wildman–Crippen LogP) is 2.67. The molecule has 0 aromatic carbocycles. The smallest absolute Gasteiger partial charge is 0.0168 e. The highest BCUT2D eigenvalue weighted by Crippen LogP contribution is 2.06. The van der Waals surface area contributed by atoms with Gasteiger partial charge < -0.3 is 5.32 Å². The molecule has 0 spiro atoms. The van der Waals surface area contributed by atoms with Crippen molar-refractivity contribution >= 4 is 0 Å². The van der Waals surface area contributed by atoms with Crippen LogP contribution in [0.25, 0.3) is 0 Å². The minimum Gasteiger partial charge on any atom is -0.310 e. The highest BCUT2D eigenvalue weighted by atomic mass is 14.8. The lowest BCUT2D eigenvalue weighted by Gasteiger charge is -2.05. The van der Waals surface area contributed by atoms with Gasteiger partial charge in [-0.25, -0.2) is 0 Å². The quantitative estimate of drug-likeness (QED) is 0.471. The van der Waals surface area contributed by atoms with Gasteiger partial charge in [-0.1, -0.05) is 29.9 Å². The van der Waals surface area contributed by atoms with Crippen LogP contribution in [0.4, 0.5) is 0 Å². The Morgan fingerprint density at radius 3 is 2.67 bits per heavy atom. The Labute approximate surface area is 75.9 Å². The lowest BCUT2D eigenvalue weighted by molar-refractivity contribution is 0.798. The first kappa shape index (κ1) is 11.2. The van der Waals surface area contributed by atoms with Gasteiger partial charge in [-0.2, -0.15) is 0 Å². The van der Waals surface area contributed by atoms with E-state index in [4.69, 9.17) is 0 Å². The Hall–Kier alpha value is -0.820. The van der Waals surface area contributed by atoms with Gasteiger partial charge in [-0.3, -0.25) is 0 Å². The molecule has 0 fully saturated rings. The Morgan fingerprint density at radius 2 is 2.17 bits per heavy atom. The fourth-order valence-electron chi connectivity index (χ4n) is 0.910. The molecule has 1 nitrogen and oxygen atoms in total. The zero-order valence-electron chi connectivity index (χ0n) is 8.19. The van der Waals surface area contributed by atoms with Crippen LogP contribution in [0.2, 0.25) is 0 Å². The van der Waals surface area contributed by atoms with Crippen molar-refractivity contribution in [2.24, 2.45) is 0 Å². The van der Waals surface area contributed by atoms with E-state index in [-0.39, 0.29) is 0 Å². The van der Waals surface area contributed by atoms with Gasteiger partial charge in [0.15, 0.2) is 0 Å². The summed E-state index contributed by atoms with van der Waals surface area (Å²) in [5.41, 5.74) is 2.60. The van der Waals surface area contributed by atoms with E-state index < -0.39 is 0 Å². The van der Waals surface area contributed by atoms with Crippen LogP contribution < -0.4 is 5.32 Å². The van der Waals surface area contributed by atoms with Gasteiger partial charge in [0.05, 0.1) is 0 Å². The second-order valence-corrected chi connectivity index (χ2v) is 2.98. The van der Waals surface area contributed by atoms with Gasteiger partial charge in [-0.15, -0.1) is 6.58 Å². The van der Waals surface area contributed by atoms with E-state index in [0.717, 1.165) is 19.5 Å². The van der Waals surface area contributed by atoms with Crippen molar-refractivity contribution in [2.75, 3.05) is 13.1 Å². The van der Waals surface area contributed by atoms with Crippen molar-refractivity contribution in [1.29, 1.82) is 0 Å². The third-order valence-electron chi connectivity index (χ3n) is 1.69. The minimum absolute atomic E-state index is 0.855. The van der Waals surface area contributed by atoms with Crippen LogP contribution in [0.15, 0.2) is 36.5 Å². The minimum atomic E-state index is 0.855. The van der Waals surface area contributed by atoms with Gasteiger partial charge >= 0.3 is 0 Å². The van der Waals surface area contributed by atoms with Crippen LogP contribution in [-0.2, 0) is 0 Å². The first-order valence-electron chi connectivity index (χ1n) is 4.30. The molecule has 0 rings (SSSR count). The molecule has 0 aromatic rings. The Kier molecular flexibility index (Phi) is 6.39. The fraction of sp³-hybridized carbons (Fsp3) is 0.455. The van der Waals surface area contributed by atoms with Crippen LogP contribution in [0.1, 0.15) is 20.3 Å². The number of hydrogen-bond donors (Lipinski definition) is 1. The maximum atomic E-state index is 3.98. The Balaban J connectivity index is 3.53. The number of hydrogen-bond acceptors (Lipinski definition) is 1. The van der Waals surface area contributed by atoms with E-state index in [9.17, 15) is 0 Å². The summed E-state index contributed by atoms with van der Waals surface area (Å²) in [5.74, 6) is 0. The SMILES string of the molecule is C=CCNCC(=C)C/C(C)=C\C. The Morgan fingerprint density at radius 1 is 1.50 bits per heavy atom. The van der Waals surface area contributed by atoms with Crippen molar-refractivity contribution in [3.8, 4) is 0 Å². The van der Waals surface area contributed by atoms with E-state index in [2.05, 4.69) is 38.4 Å². The molecule has 0 radical (unpaired) electrons. The van der Waals surface area contributed by atoms with Crippen molar-refractivity contribution in [1.82, 2.24) is 5.32 Å². The van der Waals surface area contributed by atoms with Crippen LogP contribution in [0.5, 0.6) is 0 Å². The summed E-state index contributed by atoms with van der Waals surface area (Å²) in [6.45, 7) is 13.5. The van der Waals surface area contributed by atoms with E-state index in [0.29, 0.717) is 0 Å². The normalized spacial score (nSPS) is 11.3. The summed E-state index contributed by atoms with van der Waals surface area (Å²) in [6.07, 6.45) is 4.98. The molecule has 0 amide bonds. The second-order valence-electron chi connectivity index (χ2n) is 2.98. The first-order valence-corrected chi connectivity index (χ1v) is 4.30. The molecule has 0 saturated heterocycles. The molecule has 1 heteroatoms. The summed E-state index contributed by atoms with van der Waals surface area (Å²) in [7, 11) is 0. The van der Waals surface area contributed by atoms with E-state index in [1.165, 1.54) is 11.1 Å². The summed E-state index contributed by atoms with van der Waals surface area (Å²) in [4.78, 5) is 0. The molecule has 0 bridgehead atoms. The second kappa shape index (κ2) is 6.86. The highest BCUT2D eigenvalue weighted by molar-refractivity contribution is 5.11. The van der Waals surface area contributed by atoms with Gasteiger partial charge in [0, 0.05) is 13.1 Å². The van der Waals surface area contributed by atoms with Gasteiger partial charge in [0.1, 0.15) is 0 Å². The highest BCUT2D eigenvalue weighted by Gasteiger charge is 1.93. The summed E-state index contributed by atoms with van der Waals surface area (Å²) in [6, 6.07) is 0. The van der Waals surface area contributed by atoms with Gasteiger partial charge in [0.2, 0.25) is 0 Å². The number of rotatable bonds is 6. The molecule has 0 unspecified atom stereocenters. The molecule has 68 valence electrons. The number of allylic oxidation sites excluding steroid dienone is 2. The molecule has 0 aliphatic rings. The molecule has 0 atom stereocenters. The number of nitrogens with one attached hydrogen (secondary N) is 1. The van der Waals surface area contributed by atoms with Crippen molar-refractivity contribution in [3.63, 3.8) is 0 Å². The molecule has 12 heavy (non-hydrogen) atoms. The Bertz CT molecular complexity index is 177. The standard InChI is InChI=1S/C11H19N/c1-5-7-12-9-11(4)8-10(3)6-2/h5-6,12H,1,4,7-9H2,2-3H3/b10-6-. The van der Waals surface area contributed by atoms with E-state index in [1.54, 1.807) is 0 Å². The molecule has 0 aliphatic carbocycles. The third kappa shape index (κ3) is 5.93. The van der Waals surface area contributed by atoms with E-state index in [1.807, 2.05) is 6.08 Å². The topological polar surface area (TPSA) is 12.0 Å². The van der Waals surface area contributed by atoms with Gasteiger partial charge in [-0.05, 0) is 20.3 Å². The summed E-state index contributed by atoms with van der Waals surface area (Å²) in [5, 5.41) is 3.22. The molecule has 0 heterocycles. The average molecular weight is 165 g/mol. The molecular weight excluding hydrogens is 146 g/mol. The molecule has 1 N–H and O–H groups in total. The zero-order valence-corrected chi connectivity index (χ0v) is 8.19. The fourth-order valence-corrected chi connectivity index (χ4v) is 0.910. The predicted molar refractivity (Wildman–Crippen MR) is 56.3 cm³/mol. The van der Waals surface area contributed by atoms with Crippen LogP contribution >= 0.6 is 0 Å². The monoisotopic (exact) mass is 165 g/mol. The maximum absolute atomic E-state index is 3.98. The summed E-state index contributed by atoms with van der Waals surface area (Å²) < 4.78 is 0. The van der Waals surface area contributed by atoms with Crippen molar-refractivity contribution in [3.05, 3.63) is 36.5 Å².